The van der Waals surface area contributed by atoms with Gasteiger partial charge in [-0.15, -0.1) is 0 Å². The second-order valence-electron chi connectivity index (χ2n) is 8.30. The largest absolute Gasteiger partial charge is 0.494 e. The lowest BCUT2D eigenvalue weighted by atomic mass is 10.1. The number of hydrogen-bond acceptors (Lipinski definition) is 5. The number of carbonyl (C=O) groups excluding carboxylic acids is 2. The van der Waals surface area contributed by atoms with Crippen LogP contribution in [0.1, 0.15) is 19.4 Å². The van der Waals surface area contributed by atoms with Crippen molar-refractivity contribution in [3.63, 3.8) is 0 Å². The molecule has 0 aliphatic carbocycles. The van der Waals surface area contributed by atoms with E-state index in [1.807, 2.05) is 6.92 Å². The highest BCUT2D eigenvalue weighted by Gasteiger charge is 2.32. The first-order valence-electron chi connectivity index (χ1n) is 11.8. The van der Waals surface area contributed by atoms with Crippen LogP contribution in [0.4, 0.5) is 10.1 Å². The molecule has 0 aliphatic heterocycles. The molecule has 1 atom stereocenters. The Balaban J connectivity index is 2.04. The number of rotatable bonds is 11. The van der Waals surface area contributed by atoms with Gasteiger partial charge < -0.3 is 15.0 Å². The van der Waals surface area contributed by atoms with Crippen molar-refractivity contribution in [3.05, 3.63) is 88.6 Å². The van der Waals surface area contributed by atoms with E-state index >= 15 is 0 Å². The summed E-state index contributed by atoms with van der Waals surface area (Å²) in [5, 5.41) is 2.49. The number of nitrogens with one attached hydrogen (secondary N) is 1. The van der Waals surface area contributed by atoms with Crippen LogP contribution in [0.5, 0.6) is 5.75 Å². The molecule has 3 aromatic carbocycles. The summed E-state index contributed by atoms with van der Waals surface area (Å²) in [5.41, 5.74) is 0.420. The number of amides is 2. The molecule has 0 radical (unpaired) electrons. The highest BCUT2D eigenvalue weighted by Crippen LogP contribution is 2.27. The van der Waals surface area contributed by atoms with E-state index in [1.54, 1.807) is 30.3 Å². The van der Waals surface area contributed by atoms with Crippen LogP contribution in [0.15, 0.2) is 82.2 Å². The number of halogens is 2. The minimum atomic E-state index is -4.21. The maximum absolute atomic E-state index is 14.5. The van der Waals surface area contributed by atoms with E-state index in [0.717, 1.165) is 9.21 Å². The van der Waals surface area contributed by atoms with Crippen molar-refractivity contribution in [2.24, 2.45) is 0 Å². The van der Waals surface area contributed by atoms with Crippen LogP contribution >= 0.6 is 15.9 Å². The maximum atomic E-state index is 14.5. The maximum Gasteiger partial charge on any atom is 0.264 e. The van der Waals surface area contributed by atoms with Crippen LogP contribution < -0.4 is 14.4 Å². The Labute approximate surface area is 230 Å². The quantitative estimate of drug-likeness (QED) is 0.351. The Morgan fingerprint density at radius 1 is 1.03 bits per heavy atom. The van der Waals surface area contributed by atoms with Gasteiger partial charge in [0.1, 0.15) is 24.2 Å². The Morgan fingerprint density at radius 2 is 1.66 bits per heavy atom. The predicted octanol–water partition coefficient (Wildman–Crippen LogP) is 4.35. The first-order chi connectivity index (χ1) is 18.1. The van der Waals surface area contributed by atoms with E-state index in [0.29, 0.717) is 16.8 Å². The molecule has 1 N–H and O–H groups in total. The normalized spacial score (nSPS) is 11.9. The lowest BCUT2D eigenvalue weighted by Gasteiger charge is -2.31. The van der Waals surface area contributed by atoms with Gasteiger partial charge in [-0.25, -0.2) is 12.8 Å². The van der Waals surface area contributed by atoms with Gasteiger partial charge in [-0.1, -0.05) is 34.1 Å². The van der Waals surface area contributed by atoms with Crippen molar-refractivity contribution in [3.8, 4) is 5.75 Å². The van der Waals surface area contributed by atoms with Crippen LogP contribution in [0.25, 0.3) is 0 Å². The summed E-state index contributed by atoms with van der Waals surface area (Å²) in [6, 6.07) is 17.2. The molecule has 0 saturated heterocycles. The predicted molar refractivity (Wildman–Crippen MR) is 147 cm³/mol. The van der Waals surface area contributed by atoms with Crippen LogP contribution in [-0.4, -0.2) is 51.4 Å². The van der Waals surface area contributed by atoms with Crippen molar-refractivity contribution < 1.29 is 27.1 Å². The molecule has 3 rings (SSSR count). The highest BCUT2D eigenvalue weighted by atomic mass is 79.9. The van der Waals surface area contributed by atoms with E-state index in [4.69, 9.17) is 4.74 Å². The number of likely N-dealkylation sites (N-methyl/N-ethyl adjacent to an activating group) is 1. The summed E-state index contributed by atoms with van der Waals surface area (Å²) in [6.45, 7) is 2.91. The van der Waals surface area contributed by atoms with E-state index < -0.39 is 40.2 Å². The fourth-order valence-electron chi connectivity index (χ4n) is 3.74. The number of hydrogen-bond donors (Lipinski definition) is 1. The van der Waals surface area contributed by atoms with Gasteiger partial charge in [-0.2, -0.15) is 0 Å². The van der Waals surface area contributed by atoms with Crippen LogP contribution in [0.3, 0.4) is 0 Å². The van der Waals surface area contributed by atoms with Crippen LogP contribution in [-0.2, 0) is 26.2 Å². The molecule has 0 aliphatic rings. The van der Waals surface area contributed by atoms with Crippen molar-refractivity contribution in [2.45, 2.75) is 31.3 Å². The van der Waals surface area contributed by atoms with Gasteiger partial charge in [0.25, 0.3) is 10.0 Å². The first kappa shape index (κ1) is 29.1. The molecule has 202 valence electrons. The smallest absolute Gasteiger partial charge is 0.264 e. The molecular formula is C27H29BrFN3O5S. The van der Waals surface area contributed by atoms with Gasteiger partial charge in [0.05, 0.1) is 17.2 Å². The van der Waals surface area contributed by atoms with Gasteiger partial charge in [-0.05, 0) is 68.4 Å². The fraction of sp³-hybridized carbons (Fsp3) is 0.259. The van der Waals surface area contributed by atoms with Crippen LogP contribution in [0, 0.1) is 5.82 Å². The van der Waals surface area contributed by atoms with Crippen molar-refractivity contribution in [1.29, 1.82) is 0 Å². The number of benzene rings is 3. The van der Waals surface area contributed by atoms with Gasteiger partial charge in [-0.3, -0.25) is 13.9 Å². The van der Waals surface area contributed by atoms with Gasteiger partial charge in [0.15, 0.2) is 0 Å². The summed E-state index contributed by atoms with van der Waals surface area (Å²) < 4.78 is 49.1. The molecule has 0 saturated carbocycles. The van der Waals surface area contributed by atoms with E-state index in [1.165, 1.54) is 56.4 Å². The zero-order valence-electron chi connectivity index (χ0n) is 21.2. The summed E-state index contributed by atoms with van der Waals surface area (Å²) in [7, 11) is -2.78. The average molecular weight is 607 g/mol. The van der Waals surface area contributed by atoms with Crippen molar-refractivity contribution >= 4 is 43.5 Å². The summed E-state index contributed by atoms with van der Waals surface area (Å²) in [5.74, 6) is -1.16. The SMILES string of the molecule is CCOc1ccc(N(CC(=O)N(Cc2ccccc2F)[C@@H](C)C(=O)NC)S(=O)(=O)c2ccc(Br)cc2)cc1. The Morgan fingerprint density at radius 3 is 2.24 bits per heavy atom. The molecule has 0 bridgehead atoms. The van der Waals surface area contributed by atoms with Gasteiger partial charge in [0, 0.05) is 23.6 Å². The summed E-state index contributed by atoms with van der Waals surface area (Å²) >= 11 is 3.30. The molecule has 0 fully saturated rings. The lowest BCUT2D eigenvalue weighted by Crippen LogP contribution is -2.50. The molecule has 0 unspecified atom stereocenters. The Bertz CT molecular complexity index is 1370. The molecule has 0 spiro atoms. The number of anilines is 1. The second-order valence-corrected chi connectivity index (χ2v) is 11.1. The Hall–Kier alpha value is -3.44. The first-order valence-corrected chi connectivity index (χ1v) is 14.1. The second kappa shape index (κ2) is 12.9. The molecule has 38 heavy (non-hydrogen) atoms. The van der Waals surface area contributed by atoms with Crippen molar-refractivity contribution in [1.82, 2.24) is 10.2 Å². The summed E-state index contributed by atoms with van der Waals surface area (Å²) in [4.78, 5) is 27.3. The average Bonchev–Trinajstić information content (AvgIpc) is 2.91. The monoisotopic (exact) mass is 605 g/mol. The van der Waals surface area contributed by atoms with Crippen molar-refractivity contribution in [2.75, 3.05) is 24.5 Å². The zero-order valence-corrected chi connectivity index (χ0v) is 23.6. The Kier molecular flexibility index (Phi) is 9.87. The van der Waals surface area contributed by atoms with Crippen LogP contribution in [0.2, 0.25) is 0 Å². The highest BCUT2D eigenvalue weighted by molar-refractivity contribution is 9.10. The summed E-state index contributed by atoms with van der Waals surface area (Å²) in [6.07, 6.45) is 0. The minimum Gasteiger partial charge on any atom is -0.494 e. The molecular weight excluding hydrogens is 577 g/mol. The standard InChI is InChI=1S/C27H29BrFN3O5S/c1-4-37-23-13-11-22(12-14-23)32(38(35,36)24-15-9-21(28)10-16-24)18-26(33)31(19(2)27(34)30-3)17-20-7-5-6-8-25(20)29/h5-16,19H,4,17-18H2,1-3H3,(H,30,34)/t19-/m0/s1. The minimum absolute atomic E-state index is 0.0256. The molecule has 11 heteroatoms. The van der Waals surface area contributed by atoms with E-state index in [9.17, 15) is 22.4 Å². The molecule has 2 amide bonds. The van der Waals surface area contributed by atoms with Gasteiger partial charge >= 0.3 is 0 Å². The lowest BCUT2D eigenvalue weighted by molar-refractivity contribution is -0.139. The number of ether oxygens (including phenoxy) is 1. The third-order valence-electron chi connectivity index (χ3n) is 5.83. The van der Waals surface area contributed by atoms with Gasteiger partial charge in [0.2, 0.25) is 11.8 Å². The molecule has 8 nitrogen and oxygen atoms in total. The number of nitrogens with zero attached hydrogens (tertiary/aromatic N) is 2. The molecule has 0 aromatic heterocycles. The molecule has 0 heterocycles. The number of sulfonamides is 1. The topological polar surface area (TPSA) is 96.0 Å². The third kappa shape index (κ3) is 6.90. The molecule has 3 aromatic rings. The number of carbonyl (C=O) groups is 2. The zero-order chi connectivity index (χ0) is 27.9. The fourth-order valence-corrected chi connectivity index (χ4v) is 5.42. The van der Waals surface area contributed by atoms with E-state index in [-0.39, 0.29) is 22.7 Å². The third-order valence-corrected chi connectivity index (χ3v) is 8.15. The van der Waals surface area contributed by atoms with E-state index in [2.05, 4.69) is 21.2 Å².